The molecule has 0 aromatic carbocycles. The first-order valence-electron chi connectivity index (χ1n) is 4.03. The van der Waals surface area contributed by atoms with Crippen LogP contribution >= 0.6 is 0 Å². The second kappa shape index (κ2) is 8.06. The van der Waals surface area contributed by atoms with E-state index in [2.05, 4.69) is 0 Å². The van der Waals surface area contributed by atoms with E-state index in [0.29, 0.717) is 0 Å². The maximum atomic E-state index is 11.2. The average Bonchev–Trinajstić information content (AvgIpc) is 2.14. The van der Waals surface area contributed by atoms with Crippen LogP contribution in [-0.4, -0.2) is 37.3 Å². The zero-order chi connectivity index (χ0) is 10.4. The number of hydrogen-bond donors (Lipinski definition) is 1. The SMILES string of the molecule is COC(C)C(=O)/C=C(\O)C(C)OC.[V]. The minimum Gasteiger partial charge on any atom is -0.509 e. The summed E-state index contributed by atoms with van der Waals surface area (Å²) in [6.45, 7) is 3.26. The first-order valence-corrected chi connectivity index (χ1v) is 4.03. The van der Waals surface area contributed by atoms with Gasteiger partial charge in [0.05, 0.1) is 0 Å². The Balaban J connectivity index is 0. The Morgan fingerprint density at radius 1 is 1.21 bits per heavy atom. The summed E-state index contributed by atoms with van der Waals surface area (Å²) in [6.07, 6.45) is 0.127. The van der Waals surface area contributed by atoms with Crippen molar-refractivity contribution in [2.24, 2.45) is 0 Å². The summed E-state index contributed by atoms with van der Waals surface area (Å²) in [6, 6.07) is 0. The number of methoxy groups -OCH3 is 2. The number of carbonyl (C=O) groups excluding carboxylic acids is 1. The van der Waals surface area contributed by atoms with Crippen LogP contribution in [0.4, 0.5) is 0 Å². The monoisotopic (exact) mass is 239 g/mol. The summed E-state index contributed by atoms with van der Waals surface area (Å²) >= 11 is 0. The minimum absolute atomic E-state index is 0. The molecule has 0 spiro atoms. The fourth-order valence-corrected chi connectivity index (χ4v) is 0.617. The smallest absolute Gasteiger partial charge is 0.187 e. The zero-order valence-electron chi connectivity index (χ0n) is 8.85. The predicted molar refractivity (Wildman–Crippen MR) is 48.7 cm³/mol. The molecule has 0 aromatic heterocycles. The number of ether oxygens (including phenoxy) is 2. The predicted octanol–water partition coefficient (Wildman–Crippen LogP) is 1.06. The van der Waals surface area contributed by atoms with Crippen LogP contribution in [-0.2, 0) is 32.8 Å². The summed E-state index contributed by atoms with van der Waals surface area (Å²) in [7, 11) is 2.89. The minimum atomic E-state index is -0.536. The maximum Gasteiger partial charge on any atom is 0.187 e. The molecule has 2 unspecified atom stereocenters. The maximum absolute atomic E-state index is 11.2. The quantitative estimate of drug-likeness (QED) is 0.575. The van der Waals surface area contributed by atoms with E-state index in [9.17, 15) is 9.90 Å². The Labute approximate surface area is 96.2 Å². The van der Waals surface area contributed by atoms with E-state index in [0.717, 1.165) is 6.08 Å². The van der Waals surface area contributed by atoms with Crippen LogP contribution in [0.25, 0.3) is 0 Å². The van der Waals surface area contributed by atoms with E-state index in [1.165, 1.54) is 14.2 Å². The van der Waals surface area contributed by atoms with Crippen LogP contribution in [0.1, 0.15) is 13.8 Å². The molecule has 0 aliphatic carbocycles. The Kier molecular flexibility index (Phi) is 9.30. The average molecular weight is 239 g/mol. The normalized spacial score (nSPS) is 15.6. The molecule has 0 saturated carbocycles. The summed E-state index contributed by atoms with van der Waals surface area (Å²) < 4.78 is 9.60. The van der Waals surface area contributed by atoms with Crippen LogP contribution in [0.3, 0.4) is 0 Å². The van der Waals surface area contributed by atoms with Gasteiger partial charge in [0.2, 0.25) is 0 Å². The number of rotatable bonds is 5. The molecule has 0 bridgehead atoms. The van der Waals surface area contributed by atoms with E-state index in [4.69, 9.17) is 9.47 Å². The van der Waals surface area contributed by atoms with Crippen LogP contribution in [0.15, 0.2) is 11.8 Å². The number of aliphatic hydroxyl groups is 1. The first-order chi connectivity index (χ1) is 6.02. The van der Waals surface area contributed by atoms with Crippen molar-refractivity contribution >= 4 is 5.78 Å². The van der Waals surface area contributed by atoms with Gasteiger partial charge in [-0.1, -0.05) is 0 Å². The molecule has 5 heteroatoms. The van der Waals surface area contributed by atoms with Gasteiger partial charge < -0.3 is 14.6 Å². The van der Waals surface area contributed by atoms with Crippen molar-refractivity contribution in [3.8, 4) is 0 Å². The molecular weight excluding hydrogens is 223 g/mol. The van der Waals surface area contributed by atoms with Crippen LogP contribution in [0.2, 0.25) is 0 Å². The summed E-state index contributed by atoms with van der Waals surface area (Å²) in [5, 5.41) is 9.29. The molecule has 0 saturated heterocycles. The molecular formula is C9H16O4V. The molecule has 0 aliphatic rings. The Morgan fingerprint density at radius 2 is 1.64 bits per heavy atom. The van der Waals surface area contributed by atoms with Crippen molar-refractivity contribution in [1.82, 2.24) is 0 Å². The van der Waals surface area contributed by atoms with Gasteiger partial charge in [0, 0.05) is 38.9 Å². The van der Waals surface area contributed by atoms with Crippen molar-refractivity contribution in [3.05, 3.63) is 11.8 Å². The van der Waals surface area contributed by atoms with Crippen molar-refractivity contribution < 1.29 is 37.9 Å². The number of ketones is 1. The molecule has 0 fully saturated rings. The molecule has 1 radical (unpaired) electrons. The van der Waals surface area contributed by atoms with Gasteiger partial charge in [-0.3, -0.25) is 4.79 Å². The van der Waals surface area contributed by atoms with E-state index in [1.54, 1.807) is 13.8 Å². The van der Waals surface area contributed by atoms with Gasteiger partial charge >= 0.3 is 0 Å². The molecule has 81 valence electrons. The summed E-state index contributed by atoms with van der Waals surface area (Å²) in [5.41, 5.74) is 0. The van der Waals surface area contributed by atoms with Gasteiger partial charge in [-0.05, 0) is 13.8 Å². The first kappa shape index (κ1) is 16.2. The summed E-state index contributed by atoms with van der Waals surface area (Å²) in [5.74, 6) is -0.361. The van der Waals surface area contributed by atoms with Crippen LogP contribution in [0.5, 0.6) is 0 Å². The molecule has 2 atom stereocenters. The van der Waals surface area contributed by atoms with E-state index >= 15 is 0 Å². The van der Waals surface area contributed by atoms with E-state index in [1.807, 2.05) is 0 Å². The molecule has 4 nitrogen and oxygen atoms in total. The van der Waals surface area contributed by atoms with Gasteiger partial charge in [-0.2, -0.15) is 0 Å². The number of hydrogen-bond acceptors (Lipinski definition) is 4. The fraction of sp³-hybridized carbons (Fsp3) is 0.667. The molecule has 0 aliphatic heterocycles. The number of carbonyl (C=O) groups is 1. The van der Waals surface area contributed by atoms with E-state index in [-0.39, 0.29) is 30.1 Å². The fourth-order valence-electron chi connectivity index (χ4n) is 0.617. The third-order valence-electron chi connectivity index (χ3n) is 1.81. The molecule has 14 heavy (non-hydrogen) atoms. The standard InChI is InChI=1S/C9H16O4.V/c1-6(12-3)8(10)5-9(11)7(2)13-4;/h5-7,10H,1-4H3;/b8-5-;. The van der Waals surface area contributed by atoms with Crippen LogP contribution in [0, 0.1) is 0 Å². The Morgan fingerprint density at radius 3 is 2.00 bits per heavy atom. The van der Waals surface area contributed by atoms with Gasteiger partial charge in [-0.15, -0.1) is 0 Å². The molecule has 0 rings (SSSR count). The van der Waals surface area contributed by atoms with Gasteiger partial charge in [-0.25, -0.2) is 0 Å². The second-order valence-electron chi connectivity index (χ2n) is 2.73. The Hall–Kier alpha value is -0.286. The summed E-state index contributed by atoms with van der Waals surface area (Å²) in [4.78, 5) is 11.2. The molecule has 0 aromatic rings. The molecule has 0 amide bonds. The zero-order valence-corrected chi connectivity index (χ0v) is 10.2. The van der Waals surface area contributed by atoms with Gasteiger partial charge in [0.1, 0.15) is 18.0 Å². The van der Waals surface area contributed by atoms with Crippen LogP contribution < -0.4 is 0 Å². The van der Waals surface area contributed by atoms with Crippen molar-refractivity contribution in [3.63, 3.8) is 0 Å². The Bertz CT molecular complexity index is 203. The topological polar surface area (TPSA) is 55.8 Å². The second-order valence-corrected chi connectivity index (χ2v) is 2.73. The van der Waals surface area contributed by atoms with Crippen molar-refractivity contribution in [2.45, 2.75) is 26.1 Å². The largest absolute Gasteiger partial charge is 0.509 e. The molecule has 0 heterocycles. The van der Waals surface area contributed by atoms with Gasteiger partial charge in [0.25, 0.3) is 0 Å². The van der Waals surface area contributed by atoms with Gasteiger partial charge in [0.15, 0.2) is 5.78 Å². The van der Waals surface area contributed by atoms with E-state index < -0.39 is 12.2 Å². The molecule has 1 N–H and O–H groups in total. The third-order valence-corrected chi connectivity index (χ3v) is 1.81. The van der Waals surface area contributed by atoms with Crippen molar-refractivity contribution in [2.75, 3.05) is 14.2 Å². The van der Waals surface area contributed by atoms with Crippen molar-refractivity contribution in [1.29, 1.82) is 0 Å². The number of aliphatic hydroxyl groups excluding tert-OH is 1. The third kappa shape index (κ3) is 5.45.